The van der Waals surface area contributed by atoms with Gasteiger partial charge in [-0.1, -0.05) is 48.5 Å². The van der Waals surface area contributed by atoms with E-state index in [1.54, 1.807) is 0 Å². The molecule has 19 heavy (non-hydrogen) atoms. The van der Waals surface area contributed by atoms with Crippen LogP contribution in [0.15, 0.2) is 69.9 Å². The maximum Gasteiger partial charge on any atom is 0.336 e. The summed E-state index contributed by atoms with van der Waals surface area (Å²) in [4.78, 5) is 11.5. The Labute approximate surface area is 108 Å². The summed E-state index contributed by atoms with van der Waals surface area (Å²) in [6, 6.07) is 19.5. The lowest BCUT2D eigenvalue weighted by atomic mass is 9.98. The second-order valence-corrected chi connectivity index (χ2v) is 4.59. The van der Waals surface area contributed by atoms with Crippen LogP contribution in [-0.4, -0.2) is 0 Å². The van der Waals surface area contributed by atoms with E-state index in [0.29, 0.717) is 5.58 Å². The van der Waals surface area contributed by atoms with Crippen LogP contribution < -0.4 is 5.63 Å². The molecular weight excluding hydrogens is 236 g/mol. The third kappa shape index (κ3) is 1.40. The van der Waals surface area contributed by atoms with Crippen molar-refractivity contribution < 1.29 is 4.42 Å². The fraction of sp³-hybridized carbons (Fsp3) is 0. The lowest BCUT2D eigenvalue weighted by Gasteiger charge is -2.08. The van der Waals surface area contributed by atoms with Gasteiger partial charge in [0.05, 0.1) is 0 Å². The highest BCUT2D eigenvalue weighted by molar-refractivity contribution is 6.23. The molecule has 0 radical (unpaired) electrons. The van der Waals surface area contributed by atoms with Crippen LogP contribution in [0.3, 0.4) is 0 Å². The predicted octanol–water partition coefficient (Wildman–Crippen LogP) is 4.10. The molecule has 0 N–H and O–H groups in total. The summed E-state index contributed by atoms with van der Waals surface area (Å²) in [5, 5.41) is 5.36. The molecule has 90 valence electrons. The number of benzene rings is 3. The van der Waals surface area contributed by atoms with Crippen molar-refractivity contribution in [3.05, 3.63) is 71.1 Å². The van der Waals surface area contributed by atoms with Crippen molar-refractivity contribution in [3.63, 3.8) is 0 Å². The first kappa shape index (κ1) is 10.3. The van der Waals surface area contributed by atoms with Gasteiger partial charge in [-0.3, -0.25) is 0 Å². The van der Waals surface area contributed by atoms with Gasteiger partial charge in [-0.25, -0.2) is 4.79 Å². The number of fused-ring (bicyclic) bond motifs is 6. The minimum absolute atomic E-state index is 0.312. The third-order valence-electron chi connectivity index (χ3n) is 3.51. The number of hydrogen-bond donors (Lipinski definition) is 0. The monoisotopic (exact) mass is 246 g/mol. The van der Waals surface area contributed by atoms with Crippen LogP contribution in [0.25, 0.3) is 32.5 Å². The zero-order valence-electron chi connectivity index (χ0n) is 10.1. The van der Waals surface area contributed by atoms with Crippen molar-refractivity contribution in [2.24, 2.45) is 0 Å². The Kier molecular flexibility index (Phi) is 2.00. The summed E-state index contributed by atoms with van der Waals surface area (Å²) in [5.74, 6) is 0. The zero-order chi connectivity index (χ0) is 12.8. The van der Waals surface area contributed by atoms with Gasteiger partial charge in [-0.15, -0.1) is 0 Å². The van der Waals surface area contributed by atoms with E-state index in [0.717, 1.165) is 21.5 Å². The molecule has 4 aromatic rings. The van der Waals surface area contributed by atoms with E-state index in [9.17, 15) is 4.79 Å². The first-order chi connectivity index (χ1) is 9.34. The zero-order valence-corrected chi connectivity index (χ0v) is 10.1. The first-order valence-corrected chi connectivity index (χ1v) is 6.18. The molecule has 0 aliphatic carbocycles. The smallest absolute Gasteiger partial charge is 0.336 e. The van der Waals surface area contributed by atoms with Gasteiger partial charge >= 0.3 is 5.63 Å². The fourth-order valence-electron chi connectivity index (χ4n) is 2.70. The highest BCUT2D eigenvalue weighted by Crippen LogP contribution is 2.33. The van der Waals surface area contributed by atoms with Crippen molar-refractivity contribution in [2.45, 2.75) is 0 Å². The molecule has 0 bridgehead atoms. The number of rotatable bonds is 0. The second-order valence-electron chi connectivity index (χ2n) is 4.59. The van der Waals surface area contributed by atoms with E-state index >= 15 is 0 Å². The number of hydrogen-bond acceptors (Lipinski definition) is 2. The fourth-order valence-corrected chi connectivity index (χ4v) is 2.70. The molecule has 0 saturated carbocycles. The standard InChI is InChI=1S/C17H10O2/c18-16-10-9-15-13-7-2-1-5-11(13)12-6-3-4-8-14(12)17(15)19-16/h1-10H. The molecule has 0 unspecified atom stereocenters. The molecule has 0 aliphatic heterocycles. The van der Waals surface area contributed by atoms with Gasteiger partial charge in [0.15, 0.2) is 0 Å². The van der Waals surface area contributed by atoms with Crippen molar-refractivity contribution in [1.29, 1.82) is 0 Å². The van der Waals surface area contributed by atoms with E-state index in [4.69, 9.17) is 4.42 Å². The Morgan fingerprint density at radius 3 is 1.68 bits per heavy atom. The van der Waals surface area contributed by atoms with Crippen molar-refractivity contribution in [2.75, 3.05) is 0 Å². The summed E-state index contributed by atoms with van der Waals surface area (Å²) < 4.78 is 5.43. The maximum atomic E-state index is 11.5. The van der Waals surface area contributed by atoms with Gasteiger partial charge in [0.25, 0.3) is 0 Å². The van der Waals surface area contributed by atoms with E-state index < -0.39 is 0 Å². The van der Waals surface area contributed by atoms with E-state index in [2.05, 4.69) is 18.2 Å². The molecule has 2 nitrogen and oxygen atoms in total. The average Bonchev–Trinajstić information content (AvgIpc) is 2.47. The van der Waals surface area contributed by atoms with E-state index in [1.165, 1.54) is 11.5 Å². The molecule has 0 atom stereocenters. The van der Waals surface area contributed by atoms with E-state index in [1.807, 2.05) is 36.4 Å². The van der Waals surface area contributed by atoms with Crippen LogP contribution in [0.4, 0.5) is 0 Å². The lowest BCUT2D eigenvalue weighted by Crippen LogP contribution is -1.95. The Morgan fingerprint density at radius 1 is 0.579 bits per heavy atom. The topological polar surface area (TPSA) is 30.2 Å². The minimum Gasteiger partial charge on any atom is -0.422 e. The molecule has 0 spiro atoms. The summed E-state index contributed by atoms with van der Waals surface area (Å²) in [5.41, 5.74) is 0.356. The highest BCUT2D eigenvalue weighted by Gasteiger charge is 2.09. The third-order valence-corrected chi connectivity index (χ3v) is 3.51. The minimum atomic E-state index is -0.312. The molecule has 4 rings (SSSR count). The lowest BCUT2D eigenvalue weighted by molar-refractivity contribution is 0.564. The molecule has 3 aromatic carbocycles. The van der Waals surface area contributed by atoms with Crippen LogP contribution in [0.1, 0.15) is 0 Å². The Morgan fingerprint density at radius 2 is 1.05 bits per heavy atom. The van der Waals surface area contributed by atoms with Crippen molar-refractivity contribution >= 4 is 32.5 Å². The van der Waals surface area contributed by atoms with Gasteiger partial charge in [-0.2, -0.15) is 0 Å². The highest BCUT2D eigenvalue weighted by atomic mass is 16.4. The molecule has 1 heterocycles. The quantitative estimate of drug-likeness (QED) is 0.345. The molecule has 1 aromatic heterocycles. The van der Waals surface area contributed by atoms with Gasteiger partial charge in [0, 0.05) is 16.8 Å². The Balaban J connectivity index is 2.47. The average molecular weight is 246 g/mol. The van der Waals surface area contributed by atoms with Gasteiger partial charge in [0.1, 0.15) is 5.58 Å². The molecule has 0 fully saturated rings. The molecule has 0 amide bonds. The largest absolute Gasteiger partial charge is 0.422 e. The Hall–Kier alpha value is -2.61. The van der Waals surface area contributed by atoms with E-state index in [-0.39, 0.29) is 5.63 Å². The van der Waals surface area contributed by atoms with Crippen LogP contribution in [0.5, 0.6) is 0 Å². The molecule has 0 saturated heterocycles. The summed E-state index contributed by atoms with van der Waals surface area (Å²) in [7, 11) is 0. The van der Waals surface area contributed by atoms with Crippen LogP contribution in [0, 0.1) is 0 Å². The van der Waals surface area contributed by atoms with Crippen LogP contribution in [-0.2, 0) is 0 Å². The van der Waals surface area contributed by atoms with Crippen LogP contribution >= 0.6 is 0 Å². The summed E-state index contributed by atoms with van der Waals surface area (Å²) in [6.07, 6.45) is 0. The summed E-state index contributed by atoms with van der Waals surface area (Å²) >= 11 is 0. The molecule has 2 heteroatoms. The predicted molar refractivity (Wildman–Crippen MR) is 77.5 cm³/mol. The van der Waals surface area contributed by atoms with Gasteiger partial charge in [-0.05, 0) is 22.2 Å². The van der Waals surface area contributed by atoms with Gasteiger partial charge in [0.2, 0.25) is 0 Å². The van der Waals surface area contributed by atoms with Gasteiger partial charge < -0.3 is 4.42 Å². The van der Waals surface area contributed by atoms with Crippen molar-refractivity contribution in [3.8, 4) is 0 Å². The normalized spacial score (nSPS) is 11.4. The molecule has 0 aliphatic rings. The van der Waals surface area contributed by atoms with Crippen LogP contribution in [0.2, 0.25) is 0 Å². The van der Waals surface area contributed by atoms with Crippen molar-refractivity contribution in [1.82, 2.24) is 0 Å². The first-order valence-electron chi connectivity index (χ1n) is 6.18. The molecular formula is C17H10O2. The SMILES string of the molecule is O=c1ccc2c3ccccc3c3ccccc3c2o1. The maximum absolute atomic E-state index is 11.5. The summed E-state index contributed by atoms with van der Waals surface area (Å²) in [6.45, 7) is 0. The second kappa shape index (κ2) is 3.69. The Bertz CT molecular complexity index is 945.